The van der Waals surface area contributed by atoms with Gasteiger partial charge in [-0.3, -0.25) is 0 Å². The fourth-order valence-electron chi connectivity index (χ4n) is 3.98. The Morgan fingerprint density at radius 3 is 1.83 bits per heavy atom. The lowest BCUT2D eigenvalue weighted by atomic mass is 10.1. The van der Waals surface area contributed by atoms with Gasteiger partial charge in [-0.1, -0.05) is 86.0 Å². The van der Waals surface area contributed by atoms with E-state index in [2.05, 4.69) is 89.5 Å². The maximum absolute atomic E-state index is 4.80. The van der Waals surface area contributed by atoms with Gasteiger partial charge in [0.15, 0.2) is 0 Å². The number of aromatic nitrogens is 1. The summed E-state index contributed by atoms with van der Waals surface area (Å²) >= 11 is 0. The molecule has 1 heterocycles. The summed E-state index contributed by atoms with van der Waals surface area (Å²) in [7, 11) is 0. The molecular weight excluding hydrogens is 366 g/mol. The number of anilines is 1. The van der Waals surface area contributed by atoms with E-state index < -0.39 is 0 Å². The normalized spacial score (nSPS) is 11.2. The third kappa shape index (κ3) is 5.37. The second-order valence-electron chi connectivity index (χ2n) is 7.88. The van der Waals surface area contributed by atoms with Gasteiger partial charge in [-0.2, -0.15) is 0 Å². The molecule has 0 aliphatic rings. The van der Waals surface area contributed by atoms with E-state index in [1.54, 1.807) is 0 Å². The van der Waals surface area contributed by atoms with E-state index in [-0.39, 0.29) is 0 Å². The van der Waals surface area contributed by atoms with Crippen molar-refractivity contribution in [1.29, 1.82) is 0 Å². The van der Waals surface area contributed by atoms with Crippen LogP contribution in [0.3, 0.4) is 0 Å². The molecule has 0 aliphatic carbocycles. The Morgan fingerprint density at radius 2 is 1.13 bits per heavy atom. The molecule has 0 atom stereocenters. The molecule has 0 saturated heterocycles. The fraction of sp³-hybridized carbons (Fsp3) is 0.296. The first kappa shape index (κ1) is 20.4. The van der Waals surface area contributed by atoms with E-state index in [1.165, 1.54) is 54.1 Å². The van der Waals surface area contributed by atoms with Crippen molar-refractivity contribution < 1.29 is 0 Å². The average molecular weight is 398 g/mol. The molecule has 3 nitrogen and oxygen atoms in total. The number of nitrogens with zero attached hydrogens (tertiary/aromatic N) is 1. The summed E-state index contributed by atoms with van der Waals surface area (Å²) in [6.07, 6.45) is 6.31. The van der Waals surface area contributed by atoms with Crippen molar-refractivity contribution >= 4 is 27.5 Å². The van der Waals surface area contributed by atoms with E-state index in [4.69, 9.17) is 4.98 Å². The Bertz CT molecular complexity index is 1010. The fourth-order valence-corrected chi connectivity index (χ4v) is 3.98. The molecule has 3 aromatic carbocycles. The summed E-state index contributed by atoms with van der Waals surface area (Å²) in [5.74, 6) is 0. The maximum Gasteiger partial charge on any atom is 0.0730 e. The van der Waals surface area contributed by atoms with Gasteiger partial charge in [0.1, 0.15) is 0 Å². The summed E-state index contributed by atoms with van der Waals surface area (Å²) in [6.45, 7) is 3.07. The van der Waals surface area contributed by atoms with E-state index >= 15 is 0 Å². The molecule has 0 unspecified atom stereocenters. The van der Waals surface area contributed by atoms with Crippen LogP contribution in [-0.2, 0) is 6.54 Å². The number of unbranched alkanes of at least 4 members (excludes halogenated alkanes) is 4. The van der Waals surface area contributed by atoms with Crippen LogP contribution in [0.15, 0.2) is 78.9 Å². The van der Waals surface area contributed by atoms with Gasteiger partial charge in [0.05, 0.1) is 16.7 Å². The number of rotatable bonds is 11. The Balaban J connectivity index is 1.18. The highest BCUT2D eigenvalue weighted by Gasteiger charge is 2.07. The molecule has 30 heavy (non-hydrogen) atoms. The Kier molecular flexibility index (Phi) is 7.30. The van der Waals surface area contributed by atoms with Crippen LogP contribution in [0.4, 0.5) is 5.69 Å². The third-order valence-electron chi connectivity index (χ3n) is 5.59. The molecule has 0 aliphatic heterocycles. The van der Waals surface area contributed by atoms with Crippen molar-refractivity contribution in [3.63, 3.8) is 0 Å². The summed E-state index contributed by atoms with van der Waals surface area (Å²) in [6, 6.07) is 27.4. The third-order valence-corrected chi connectivity index (χ3v) is 5.59. The van der Waals surface area contributed by atoms with Gasteiger partial charge in [0, 0.05) is 23.9 Å². The molecule has 0 bridgehead atoms. The van der Waals surface area contributed by atoms with Gasteiger partial charge < -0.3 is 10.6 Å². The first-order chi connectivity index (χ1) is 14.9. The lowest BCUT2D eigenvalue weighted by Gasteiger charge is -2.13. The van der Waals surface area contributed by atoms with E-state index in [0.717, 1.165) is 30.7 Å². The Labute approximate surface area is 179 Å². The standard InChI is InChI=1S/C27H31N3/c1(2-11-19-28-21-22-13-5-4-6-14-22)3-12-20-29-27-23-15-7-9-17-25(23)30-26-18-10-8-16-24(26)27/h4-10,13-18,28H,1-3,11-12,19-21H2,(H,29,30). The molecule has 0 spiro atoms. The highest BCUT2D eigenvalue weighted by molar-refractivity contribution is 6.07. The molecule has 154 valence electrons. The number of nitrogens with one attached hydrogen (secondary N) is 2. The largest absolute Gasteiger partial charge is 0.384 e. The van der Waals surface area contributed by atoms with Gasteiger partial charge >= 0.3 is 0 Å². The smallest absolute Gasteiger partial charge is 0.0730 e. The number of benzene rings is 3. The van der Waals surface area contributed by atoms with Crippen molar-refractivity contribution in [2.45, 2.75) is 38.6 Å². The lowest BCUT2D eigenvalue weighted by molar-refractivity contribution is 0.580. The summed E-state index contributed by atoms with van der Waals surface area (Å²) in [5, 5.41) is 9.67. The molecule has 0 amide bonds. The van der Waals surface area contributed by atoms with Gasteiger partial charge in [-0.25, -0.2) is 4.98 Å². The molecule has 3 heteroatoms. The van der Waals surface area contributed by atoms with Crippen LogP contribution >= 0.6 is 0 Å². The zero-order valence-electron chi connectivity index (χ0n) is 17.6. The predicted molar refractivity (Wildman–Crippen MR) is 129 cm³/mol. The zero-order valence-corrected chi connectivity index (χ0v) is 17.6. The monoisotopic (exact) mass is 397 g/mol. The summed E-state index contributed by atoms with van der Waals surface area (Å²) in [4.78, 5) is 4.80. The molecule has 1 aromatic heterocycles. The van der Waals surface area contributed by atoms with Crippen LogP contribution < -0.4 is 10.6 Å². The van der Waals surface area contributed by atoms with Crippen molar-refractivity contribution in [3.05, 3.63) is 84.4 Å². The van der Waals surface area contributed by atoms with Gasteiger partial charge in [0.2, 0.25) is 0 Å². The quantitative estimate of drug-likeness (QED) is 0.223. The predicted octanol–water partition coefficient (Wildman–Crippen LogP) is 6.54. The highest BCUT2D eigenvalue weighted by atomic mass is 14.9. The van der Waals surface area contributed by atoms with Crippen LogP contribution in [0, 0.1) is 0 Å². The minimum atomic E-state index is 0.971. The van der Waals surface area contributed by atoms with Crippen LogP contribution in [0.5, 0.6) is 0 Å². The number of pyridine rings is 1. The topological polar surface area (TPSA) is 37.0 Å². The summed E-state index contributed by atoms with van der Waals surface area (Å²) in [5.41, 5.74) is 4.70. The minimum Gasteiger partial charge on any atom is -0.384 e. The first-order valence-electron chi connectivity index (χ1n) is 11.2. The Hall–Kier alpha value is -2.91. The SMILES string of the molecule is c1ccc(CNCCCCCCCNc2c3ccccc3nc3ccccc23)cc1. The van der Waals surface area contributed by atoms with E-state index in [1.807, 2.05) is 0 Å². The number of para-hydroxylation sites is 2. The van der Waals surface area contributed by atoms with Gasteiger partial charge in [-0.15, -0.1) is 0 Å². The molecule has 0 radical (unpaired) electrons. The van der Waals surface area contributed by atoms with Crippen molar-refractivity contribution in [2.24, 2.45) is 0 Å². The first-order valence-corrected chi connectivity index (χ1v) is 11.2. The molecular formula is C27H31N3. The lowest BCUT2D eigenvalue weighted by Crippen LogP contribution is -2.14. The molecule has 2 N–H and O–H groups in total. The maximum atomic E-state index is 4.80. The molecule has 4 rings (SSSR count). The van der Waals surface area contributed by atoms with E-state index in [0.29, 0.717) is 0 Å². The van der Waals surface area contributed by atoms with Crippen molar-refractivity contribution in [3.8, 4) is 0 Å². The van der Waals surface area contributed by atoms with Crippen LogP contribution in [0.1, 0.15) is 37.7 Å². The second kappa shape index (κ2) is 10.7. The summed E-state index contributed by atoms with van der Waals surface area (Å²) < 4.78 is 0. The van der Waals surface area contributed by atoms with Crippen LogP contribution in [-0.4, -0.2) is 18.1 Å². The number of hydrogen-bond donors (Lipinski definition) is 2. The molecule has 0 saturated carbocycles. The van der Waals surface area contributed by atoms with Gasteiger partial charge in [0.25, 0.3) is 0 Å². The van der Waals surface area contributed by atoms with Crippen molar-refractivity contribution in [2.75, 3.05) is 18.4 Å². The van der Waals surface area contributed by atoms with E-state index in [9.17, 15) is 0 Å². The van der Waals surface area contributed by atoms with Gasteiger partial charge in [-0.05, 0) is 37.1 Å². The minimum absolute atomic E-state index is 0.971. The highest BCUT2D eigenvalue weighted by Crippen LogP contribution is 2.30. The molecule has 0 fully saturated rings. The molecule has 4 aromatic rings. The van der Waals surface area contributed by atoms with Crippen LogP contribution in [0.25, 0.3) is 21.8 Å². The van der Waals surface area contributed by atoms with Crippen LogP contribution in [0.2, 0.25) is 0 Å². The zero-order chi connectivity index (χ0) is 20.4. The number of fused-ring (bicyclic) bond motifs is 2. The van der Waals surface area contributed by atoms with Crippen molar-refractivity contribution in [1.82, 2.24) is 10.3 Å². The average Bonchev–Trinajstić information content (AvgIpc) is 2.80. The number of hydrogen-bond acceptors (Lipinski definition) is 3. The Morgan fingerprint density at radius 1 is 0.567 bits per heavy atom. The second-order valence-corrected chi connectivity index (χ2v) is 7.88.